The van der Waals surface area contributed by atoms with Gasteiger partial charge >= 0.3 is 0 Å². The summed E-state index contributed by atoms with van der Waals surface area (Å²) >= 11 is 5.17. The fourth-order valence-electron chi connectivity index (χ4n) is 2.01. The smallest absolute Gasteiger partial charge is 0.150 e. The van der Waals surface area contributed by atoms with Gasteiger partial charge < -0.3 is 9.64 Å². The second-order valence-electron chi connectivity index (χ2n) is 3.93. The van der Waals surface area contributed by atoms with E-state index in [-0.39, 0.29) is 6.10 Å². The summed E-state index contributed by atoms with van der Waals surface area (Å²) in [6, 6.07) is 2.04. The molecule has 1 saturated heterocycles. The summed E-state index contributed by atoms with van der Waals surface area (Å²) in [6.45, 7) is 2.54. The van der Waals surface area contributed by atoms with Gasteiger partial charge in [0.2, 0.25) is 0 Å². The number of rotatable bonds is 2. The van der Waals surface area contributed by atoms with Gasteiger partial charge in [0.1, 0.15) is 12.1 Å². The third-order valence-electron chi connectivity index (χ3n) is 2.83. The number of morpholine rings is 1. The quantitative estimate of drug-likeness (QED) is 0.797. The van der Waals surface area contributed by atoms with Crippen molar-refractivity contribution in [2.24, 2.45) is 0 Å². The molecule has 1 unspecified atom stereocenters. The van der Waals surface area contributed by atoms with Gasteiger partial charge in [0.05, 0.1) is 22.9 Å². The number of fused-ring (bicyclic) bond motifs is 1. The van der Waals surface area contributed by atoms with Crippen molar-refractivity contribution in [1.29, 1.82) is 0 Å². The molecule has 3 rings (SSSR count). The molecule has 17 heavy (non-hydrogen) atoms. The summed E-state index contributed by atoms with van der Waals surface area (Å²) in [5.41, 5.74) is 1.03. The number of thiophene rings is 1. The minimum Gasteiger partial charge on any atom is -0.374 e. The summed E-state index contributed by atoms with van der Waals surface area (Å²) in [5.74, 6) is 1.04. The molecule has 0 aromatic carbocycles. The van der Waals surface area contributed by atoms with Crippen LogP contribution < -0.4 is 4.90 Å². The lowest BCUT2D eigenvalue weighted by atomic mass is 10.3. The molecule has 2 aromatic heterocycles. The third kappa shape index (κ3) is 2.17. The Morgan fingerprint density at radius 1 is 1.53 bits per heavy atom. The third-order valence-corrected chi connectivity index (χ3v) is 4.46. The molecule has 0 amide bonds. The van der Waals surface area contributed by atoms with Crippen molar-refractivity contribution in [3.63, 3.8) is 0 Å². The first-order valence-electron chi connectivity index (χ1n) is 5.49. The Balaban J connectivity index is 1.94. The molecule has 0 aliphatic carbocycles. The maximum absolute atomic E-state index is 5.64. The number of hydrogen-bond acceptors (Lipinski definition) is 5. The molecule has 1 fully saturated rings. The average Bonchev–Trinajstić information content (AvgIpc) is 2.87. The van der Waals surface area contributed by atoms with Crippen molar-refractivity contribution in [2.75, 3.05) is 29.9 Å². The number of hydrogen-bond donors (Lipinski definition) is 0. The van der Waals surface area contributed by atoms with Crippen molar-refractivity contribution in [1.82, 2.24) is 9.97 Å². The number of alkyl halides is 1. The van der Waals surface area contributed by atoms with E-state index in [1.807, 2.05) is 6.07 Å². The van der Waals surface area contributed by atoms with Crippen molar-refractivity contribution in [2.45, 2.75) is 6.10 Å². The van der Waals surface area contributed by atoms with E-state index in [2.05, 4.69) is 36.2 Å². The first-order valence-corrected chi connectivity index (χ1v) is 7.49. The van der Waals surface area contributed by atoms with Gasteiger partial charge in [-0.3, -0.25) is 0 Å². The molecule has 0 spiro atoms. The molecule has 3 heterocycles. The number of ether oxygens (including phenoxy) is 1. The van der Waals surface area contributed by atoms with Gasteiger partial charge in [-0.25, -0.2) is 9.97 Å². The molecule has 0 saturated carbocycles. The van der Waals surface area contributed by atoms with Crippen LogP contribution in [0.3, 0.4) is 0 Å². The van der Waals surface area contributed by atoms with E-state index in [9.17, 15) is 0 Å². The van der Waals surface area contributed by atoms with E-state index >= 15 is 0 Å². The highest BCUT2D eigenvalue weighted by Gasteiger charge is 2.22. The highest BCUT2D eigenvalue weighted by molar-refractivity contribution is 9.09. The molecule has 1 atom stereocenters. The monoisotopic (exact) mass is 313 g/mol. The number of aromatic nitrogens is 2. The summed E-state index contributed by atoms with van der Waals surface area (Å²) in [4.78, 5) is 11.0. The van der Waals surface area contributed by atoms with Crippen LogP contribution in [0.4, 0.5) is 5.82 Å². The Labute approximate surface area is 112 Å². The lowest BCUT2D eigenvalue weighted by Gasteiger charge is -2.33. The molecule has 4 nitrogen and oxygen atoms in total. The maximum atomic E-state index is 5.64. The number of anilines is 1. The Hall–Kier alpha value is -0.720. The van der Waals surface area contributed by atoms with Crippen LogP contribution in [0.25, 0.3) is 10.2 Å². The highest BCUT2D eigenvalue weighted by Crippen LogP contribution is 2.28. The summed E-state index contributed by atoms with van der Waals surface area (Å²) < 4.78 is 6.81. The van der Waals surface area contributed by atoms with Crippen molar-refractivity contribution >= 4 is 43.3 Å². The van der Waals surface area contributed by atoms with E-state index < -0.39 is 0 Å². The lowest BCUT2D eigenvalue weighted by molar-refractivity contribution is 0.0569. The standard InChI is InChI=1S/C11H12BrN3OS/c12-5-8-6-15(2-3-16-8)11-10-9(1-4-17-10)13-7-14-11/h1,4,7-8H,2-3,5-6H2. The van der Waals surface area contributed by atoms with E-state index in [1.165, 1.54) is 4.70 Å². The molecule has 0 radical (unpaired) electrons. The van der Waals surface area contributed by atoms with Gasteiger partial charge in [-0.2, -0.15) is 0 Å². The second-order valence-corrected chi connectivity index (χ2v) is 5.49. The predicted molar refractivity (Wildman–Crippen MR) is 73.2 cm³/mol. The fraction of sp³-hybridized carbons (Fsp3) is 0.455. The SMILES string of the molecule is BrCC1CN(c2ncnc3ccsc23)CCO1. The zero-order chi connectivity index (χ0) is 11.7. The van der Waals surface area contributed by atoms with Crippen LogP contribution in [0.1, 0.15) is 0 Å². The molecule has 1 aliphatic rings. The fourth-order valence-corrected chi connectivity index (χ4v) is 3.26. The molecular formula is C11H12BrN3OS. The molecule has 6 heteroatoms. The van der Waals surface area contributed by atoms with Crippen LogP contribution in [-0.2, 0) is 4.74 Å². The topological polar surface area (TPSA) is 38.2 Å². The second kappa shape index (κ2) is 4.88. The Morgan fingerprint density at radius 2 is 2.47 bits per heavy atom. The van der Waals surface area contributed by atoms with Crippen LogP contribution in [0.5, 0.6) is 0 Å². The van der Waals surface area contributed by atoms with E-state index in [1.54, 1.807) is 17.7 Å². The van der Waals surface area contributed by atoms with Crippen LogP contribution in [-0.4, -0.2) is 41.1 Å². The van der Waals surface area contributed by atoms with Gasteiger partial charge in [0.25, 0.3) is 0 Å². The summed E-state index contributed by atoms with van der Waals surface area (Å²) in [5, 5.41) is 2.92. The minimum absolute atomic E-state index is 0.244. The van der Waals surface area contributed by atoms with Crippen molar-refractivity contribution < 1.29 is 4.74 Å². The highest BCUT2D eigenvalue weighted by atomic mass is 79.9. The Bertz CT molecular complexity index is 518. The Morgan fingerprint density at radius 3 is 3.35 bits per heavy atom. The van der Waals surface area contributed by atoms with Crippen LogP contribution in [0.15, 0.2) is 17.8 Å². The van der Waals surface area contributed by atoms with Crippen LogP contribution in [0, 0.1) is 0 Å². The van der Waals surface area contributed by atoms with Gasteiger partial charge in [-0.15, -0.1) is 11.3 Å². The normalized spacial score (nSPS) is 21.0. The van der Waals surface area contributed by atoms with Crippen LogP contribution >= 0.6 is 27.3 Å². The van der Waals surface area contributed by atoms with E-state index in [0.717, 1.165) is 36.4 Å². The van der Waals surface area contributed by atoms with Gasteiger partial charge in [-0.1, -0.05) is 15.9 Å². The molecule has 0 N–H and O–H groups in total. The minimum atomic E-state index is 0.244. The first kappa shape index (κ1) is 11.4. The summed E-state index contributed by atoms with van der Waals surface area (Å²) in [7, 11) is 0. The average molecular weight is 314 g/mol. The van der Waals surface area contributed by atoms with Crippen molar-refractivity contribution in [3.8, 4) is 0 Å². The van der Waals surface area contributed by atoms with Crippen LogP contribution in [0.2, 0.25) is 0 Å². The first-order chi connectivity index (χ1) is 8.38. The lowest BCUT2D eigenvalue weighted by Crippen LogP contribution is -2.43. The van der Waals surface area contributed by atoms with E-state index in [0.29, 0.717) is 0 Å². The predicted octanol–water partition coefficient (Wildman–Crippen LogP) is 2.29. The summed E-state index contributed by atoms with van der Waals surface area (Å²) in [6.07, 6.45) is 1.89. The Kier molecular flexibility index (Phi) is 3.26. The molecule has 2 aromatic rings. The molecular weight excluding hydrogens is 302 g/mol. The zero-order valence-corrected chi connectivity index (χ0v) is 11.6. The van der Waals surface area contributed by atoms with Gasteiger partial charge in [0.15, 0.2) is 0 Å². The number of halogens is 1. The van der Waals surface area contributed by atoms with E-state index in [4.69, 9.17) is 4.74 Å². The maximum Gasteiger partial charge on any atom is 0.150 e. The van der Waals surface area contributed by atoms with Gasteiger partial charge in [0, 0.05) is 18.4 Å². The van der Waals surface area contributed by atoms with Gasteiger partial charge in [-0.05, 0) is 11.4 Å². The number of nitrogens with zero attached hydrogens (tertiary/aromatic N) is 3. The zero-order valence-electron chi connectivity index (χ0n) is 9.17. The molecule has 1 aliphatic heterocycles. The largest absolute Gasteiger partial charge is 0.374 e. The van der Waals surface area contributed by atoms with Crippen molar-refractivity contribution in [3.05, 3.63) is 17.8 Å². The molecule has 90 valence electrons. The molecule has 0 bridgehead atoms.